The molecule has 1 atom stereocenters. The van der Waals surface area contributed by atoms with Gasteiger partial charge in [-0.05, 0) is 17.7 Å². The van der Waals surface area contributed by atoms with Gasteiger partial charge in [-0.15, -0.1) is 0 Å². The summed E-state index contributed by atoms with van der Waals surface area (Å²) < 4.78 is 12.9. The number of benzene rings is 1. The Hall–Kier alpha value is -0.840. The Morgan fingerprint density at radius 1 is 1.54 bits per heavy atom. The van der Waals surface area contributed by atoms with E-state index in [4.69, 9.17) is 27.5 Å². The molecular weight excluding hydrogens is 197 g/mol. The Labute approximate surface area is 79.6 Å². The molecule has 0 bridgehead atoms. The minimum atomic E-state index is -0.841. The van der Waals surface area contributed by atoms with Gasteiger partial charge in [-0.25, -0.2) is 4.39 Å². The number of rotatable bonds is 2. The van der Waals surface area contributed by atoms with Crippen LogP contribution in [0.2, 0.25) is 5.02 Å². The van der Waals surface area contributed by atoms with E-state index in [1.54, 1.807) is 0 Å². The lowest BCUT2D eigenvalue weighted by Crippen LogP contribution is -2.14. The number of aliphatic hydroxyl groups excluding tert-OH is 1. The highest BCUT2D eigenvalue weighted by Gasteiger charge is 2.11. The number of phenolic OH excluding ortho intramolecular Hbond substituents is 1. The summed E-state index contributed by atoms with van der Waals surface area (Å²) in [6.07, 6.45) is 0. The zero-order chi connectivity index (χ0) is 10.0. The summed E-state index contributed by atoms with van der Waals surface area (Å²) in [5.74, 6) is -1.44. The van der Waals surface area contributed by atoms with Crippen molar-refractivity contribution in [3.63, 3.8) is 0 Å². The molecule has 0 aliphatic rings. The zero-order valence-electron chi connectivity index (χ0n) is 6.67. The Morgan fingerprint density at radius 2 is 2.15 bits per heavy atom. The van der Waals surface area contributed by atoms with Gasteiger partial charge in [0.05, 0.1) is 17.7 Å². The monoisotopic (exact) mass is 205 g/mol. The van der Waals surface area contributed by atoms with Crippen molar-refractivity contribution in [2.45, 2.75) is 6.04 Å². The maximum absolute atomic E-state index is 12.9. The van der Waals surface area contributed by atoms with Gasteiger partial charge in [0, 0.05) is 0 Å². The fraction of sp³-hybridized carbons (Fsp3) is 0.250. The second-order valence-corrected chi connectivity index (χ2v) is 3.03. The predicted molar refractivity (Wildman–Crippen MR) is 47.1 cm³/mol. The summed E-state index contributed by atoms with van der Waals surface area (Å²) in [6, 6.07) is 1.68. The largest absolute Gasteiger partial charge is 0.504 e. The fourth-order valence-corrected chi connectivity index (χ4v) is 1.12. The van der Waals surface area contributed by atoms with Crippen LogP contribution in [0.1, 0.15) is 11.6 Å². The van der Waals surface area contributed by atoms with E-state index in [9.17, 15) is 4.39 Å². The summed E-state index contributed by atoms with van der Waals surface area (Å²) >= 11 is 5.49. The second kappa shape index (κ2) is 3.91. The molecule has 0 saturated carbocycles. The van der Waals surface area contributed by atoms with E-state index in [1.165, 1.54) is 6.07 Å². The molecule has 4 N–H and O–H groups in total. The summed E-state index contributed by atoms with van der Waals surface area (Å²) in [7, 11) is 0. The Balaban J connectivity index is 3.13. The fourth-order valence-electron chi connectivity index (χ4n) is 0.905. The molecule has 0 unspecified atom stereocenters. The van der Waals surface area contributed by atoms with Crippen LogP contribution in [0.3, 0.4) is 0 Å². The molecule has 5 heteroatoms. The third-order valence-electron chi connectivity index (χ3n) is 1.66. The van der Waals surface area contributed by atoms with Gasteiger partial charge in [-0.1, -0.05) is 11.6 Å². The van der Waals surface area contributed by atoms with Crippen molar-refractivity contribution in [2.75, 3.05) is 6.61 Å². The standard InChI is InChI=1S/C8H9ClFNO2/c9-5-1-4(7(11)3-12)2-6(10)8(5)13/h1-2,7,12-13H,3,11H2/t7-/m1/s1. The molecule has 13 heavy (non-hydrogen) atoms. The molecule has 0 heterocycles. The SMILES string of the molecule is N[C@H](CO)c1cc(F)c(O)c(Cl)c1. The molecule has 1 aromatic carbocycles. The number of hydrogen-bond donors (Lipinski definition) is 3. The van der Waals surface area contributed by atoms with Crippen LogP contribution in [0.25, 0.3) is 0 Å². The van der Waals surface area contributed by atoms with Gasteiger partial charge in [-0.3, -0.25) is 0 Å². The van der Waals surface area contributed by atoms with Crippen molar-refractivity contribution < 1.29 is 14.6 Å². The average molecular weight is 206 g/mol. The summed E-state index contributed by atoms with van der Waals surface area (Å²) in [4.78, 5) is 0. The number of aliphatic hydroxyl groups is 1. The minimum absolute atomic E-state index is 0.112. The van der Waals surface area contributed by atoms with E-state index in [1.807, 2.05) is 0 Å². The summed E-state index contributed by atoms with van der Waals surface area (Å²) in [6.45, 7) is -0.305. The van der Waals surface area contributed by atoms with Crippen LogP contribution in [-0.2, 0) is 0 Å². The third-order valence-corrected chi connectivity index (χ3v) is 1.95. The first kappa shape index (κ1) is 10.2. The molecule has 1 rings (SSSR count). The van der Waals surface area contributed by atoms with Crippen LogP contribution in [0.15, 0.2) is 12.1 Å². The lowest BCUT2D eigenvalue weighted by atomic mass is 10.1. The molecule has 0 radical (unpaired) electrons. The van der Waals surface area contributed by atoms with Gasteiger partial charge in [0.25, 0.3) is 0 Å². The Bertz CT molecular complexity index is 296. The lowest BCUT2D eigenvalue weighted by molar-refractivity contribution is 0.267. The van der Waals surface area contributed by atoms with E-state index >= 15 is 0 Å². The molecule has 1 aromatic rings. The Morgan fingerprint density at radius 3 is 2.62 bits per heavy atom. The van der Waals surface area contributed by atoms with Gasteiger partial charge in [0.1, 0.15) is 0 Å². The number of phenols is 1. The number of halogens is 2. The van der Waals surface area contributed by atoms with Crippen LogP contribution in [-0.4, -0.2) is 16.8 Å². The first-order valence-electron chi connectivity index (χ1n) is 3.60. The number of aromatic hydroxyl groups is 1. The molecule has 0 aromatic heterocycles. The van der Waals surface area contributed by atoms with Crippen molar-refractivity contribution >= 4 is 11.6 Å². The van der Waals surface area contributed by atoms with Gasteiger partial charge < -0.3 is 15.9 Å². The normalized spacial score (nSPS) is 12.9. The van der Waals surface area contributed by atoms with Gasteiger partial charge >= 0.3 is 0 Å². The van der Waals surface area contributed by atoms with Gasteiger partial charge in [0.15, 0.2) is 11.6 Å². The quantitative estimate of drug-likeness (QED) is 0.679. The highest BCUT2D eigenvalue weighted by Crippen LogP contribution is 2.29. The average Bonchev–Trinajstić information content (AvgIpc) is 2.12. The second-order valence-electron chi connectivity index (χ2n) is 2.62. The highest BCUT2D eigenvalue weighted by atomic mass is 35.5. The molecule has 0 aliphatic carbocycles. The van der Waals surface area contributed by atoms with E-state index < -0.39 is 17.6 Å². The molecular formula is C8H9ClFNO2. The van der Waals surface area contributed by atoms with Crippen LogP contribution in [0.4, 0.5) is 4.39 Å². The molecule has 72 valence electrons. The van der Waals surface area contributed by atoms with Crippen LogP contribution < -0.4 is 5.73 Å². The molecule has 0 saturated heterocycles. The van der Waals surface area contributed by atoms with E-state index in [2.05, 4.69) is 0 Å². The predicted octanol–water partition coefficient (Wildman–Crippen LogP) is 1.18. The van der Waals surface area contributed by atoms with Gasteiger partial charge in [-0.2, -0.15) is 0 Å². The summed E-state index contributed by atoms with van der Waals surface area (Å²) in [5, 5.41) is 17.5. The molecule has 0 amide bonds. The molecule has 0 fully saturated rings. The zero-order valence-corrected chi connectivity index (χ0v) is 7.42. The molecule has 0 spiro atoms. The Kier molecular flexibility index (Phi) is 3.08. The van der Waals surface area contributed by atoms with E-state index in [0.29, 0.717) is 5.56 Å². The topological polar surface area (TPSA) is 66.5 Å². The molecule has 3 nitrogen and oxygen atoms in total. The number of nitrogens with two attached hydrogens (primary N) is 1. The van der Waals surface area contributed by atoms with Crippen molar-refractivity contribution in [3.8, 4) is 5.75 Å². The number of hydrogen-bond acceptors (Lipinski definition) is 3. The smallest absolute Gasteiger partial charge is 0.170 e. The van der Waals surface area contributed by atoms with Crippen molar-refractivity contribution in [1.82, 2.24) is 0 Å². The van der Waals surface area contributed by atoms with E-state index in [-0.39, 0.29) is 11.6 Å². The van der Waals surface area contributed by atoms with E-state index in [0.717, 1.165) is 6.07 Å². The van der Waals surface area contributed by atoms with Crippen LogP contribution in [0.5, 0.6) is 5.75 Å². The third kappa shape index (κ3) is 2.09. The lowest BCUT2D eigenvalue weighted by Gasteiger charge is -2.09. The van der Waals surface area contributed by atoms with Gasteiger partial charge in [0.2, 0.25) is 0 Å². The molecule has 0 aliphatic heterocycles. The van der Waals surface area contributed by atoms with Crippen LogP contribution >= 0.6 is 11.6 Å². The first-order chi connectivity index (χ1) is 6.06. The van der Waals surface area contributed by atoms with Crippen molar-refractivity contribution in [3.05, 3.63) is 28.5 Å². The highest BCUT2D eigenvalue weighted by molar-refractivity contribution is 6.32. The van der Waals surface area contributed by atoms with Crippen molar-refractivity contribution in [2.24, 2.45) is 5.73 Å². The minimum Gasteiger partial charge on any atom is -0.504 e. The first-order valence-corrected chi connectivity index (χ1v) is 3.98. The maximum atomic E-state index is 12.9. The van der Waals surface area contributed by atoms with Crippen LogP contribution in [0, 0.1) is 5.82 Å². The van der Waals surface area contributed by atoms with Crippen molar-refractivity contribution in [1.29, 1.82) is 0 Å². The maximum Gasteiger partial charge on any atom is 0.170 e. The summed E-state index contributed by atoms with van der Waals surface area (Å²) in [5.41, 5.74) is 5.77.